The van der Waals surface area contributed by atoms with E-state index < -0.39 is 6.10 Å². The number of ether oxygens (including phenoxy) is 3. The number of hydrogen-bond acceptors (Lipinski definition) is 4. The maximum absolute atomic E-state index is 12.2. The van der Waals surface area contributed by atoms with Crippen LogP contribution in [0.4, 0.5) is 5.69 Å². The molecule has 0 saturated heterocycles. The molecule has 1 amide bonds. The predicted octanol–water partition coefficient (Wildman–Crippen LogP) is 2.78. The summed E-state index contributed by atoms with van der Waals surface area (Å²) in [6.07, 6.45) is -0.709. The van der Waals surface area contributed by atoms with Crippen LogP contribution in [-0.4, -0.2) is 20.1 Å². The Bertz CT molecular complexity index is 684. The summed E-state index contributed by atoms with van der Waals surface area (Å²) >= 11 is 0. The third-order valence-corrected chi connectivity index (χ3v) is 3.34. The van der Waals surface area contributed by atoms with Crippen molar-refractivity contribution in [1.29, 1.82) is 0 Å². The van der Waals surface area contributed by atoms with Gasteiger partial charge in [0.1, 0.15) is 5.75 Å². The van der Waals surface area contributed by atoms with Gasteiger partial charge in [0.2, 0.25) is 6.10 Å². The highest BCUT2D eigenvalue weighted by atomic mass is 16.5. The second kappa shape index (κ2) is 5.36. The highest BCUT2D eigenvalue weighted by molar-refractivity contribution is 5.98. The summed E-state index contributed by atoms with van der Waals surface area (Å²) in [4.78, 5) is 12.2. The zero-order valence-electron chi connectivity index (χ0n) is 11.8. The molecule has 1 atom stereocenters. The smallest absolute Gasteiger partial charge is 0.270 e. The summed E-state index contributed by atoms with van der Waals surface area (Å²) in [5, 5.41) is 2.84. The number of anilines is 1. The van der Waals surface area contributed by atoms with Gasteiger partial charge in [-0.25, -0.2) is 0 Å². The first kappa shape index (κ1) is 13.3. The van der Waals surface area contributed by atoms with Gasteiger partial charge in [0.05, 0.1) is 19.9 Å². The third-order valence-electron chi connectivity index (χ3n) is 3.34. The lowest BCUT2D eigenvalue weighted by Gasteiger charge is -2.26. The van der Waals surface area contributed by atoms with E-state index in [1.807, 2.05) is 18.2 Å². The molecular weight excluding hydrogens is 270 g/mol. The van der Waals surface area contributed by atoms with Crippen LogP contribution in [0, 0.1) is 0 Å². The van der Waals surface area contributed by atoms with Crippen molar-refractivity contribution in [1.82, 2.24) is 0 Å². The molecule has 0 saturated carbocycles. The van der Waals surface area contributed by atoms with E-state index in [4.69, 9.17) is 14.2 Å². The Labute approximate surface area is 122 Å². The molecule has 0 radical (unpaired) electrons. The minimum atomic E-state index is -0.709. The molecule has 21 heavy (non-hydrogen) atoms. The number of nitrogens with one attached hydrogen (secondary N) is 1. The molecule has 1 N–H and O–H groups in total. The second-order valence-electron chi connectivity index (χ2n) is 4.60. The van der Waals surface area contributed by atoms with E-state index in [9.17, 15) is 4.79 Å². The van der Waals surface area contributed by atoms with E-state index in [0.717, 1.165) is 0 Å². The first-order valence-corrected chi connectivity index (χ1v) is 6.51. The van der Waals surface area contributed by atoms with Crippen molar-refractivity contribution in [3.8, 4) is 17.2 Å². The number of methoxy groups -OCH3 is 2. The maximum atomic E-state index is 12.2. The van der Waals surface area contributed by atoms with E-state index in [1.54, 1.807) is 38.5 Å². The quantitative estimate of drug-likeness (QED) is 0.942. The molecule has 2 aromatic carbocycles. The Morgan fingerprint density at radius 3 is 2.57 bits per heavy atom. The summed E-state index contributed by atoms with van der Waals surface area (Å²) in [5.41, 5.74) is 1.39. The van der Waals surface area contributed by atoms with Crippen LogP contribution < -0.4 is 19.5 Å². The summed E-state index contributed by atoms with van der Waals surface area (Å²) in [7, 11) is 3.12. The molecule has 108 valence electrons. The first-order chi connectivity index (χ1) is 10.2. The Morgan fingerprint density at radius 2 is 1.81 bits per heavy atom. The van der Waals surface area contributed by atoms with Crippen molar-refractivity contribution in [2.45, 2.75) is 6.10 Å². The van der Waals surface area contributed by atoms with Gasteiger partial charge in [-0.1, -0.05) is 18.2 Å². The second-order valence-corrected chi connectivity index (χ2v) is 4.60. The zero-order valence-corrected chi connectivity index (χ0v) is 11.8. The van der Waals surface area contributed by atoms with Crippen molar-refractivity contribution in [3.63, 3.8) is 0 Å². The van der Waals surface area contributed by atoms with Crippen LogP contribution in [-0.2, 0) is 4.79 Å². The molecule has 1 unspecified atom stereocenters. The SMILES string of the molecule is COc1ccc(C2Oc3ccccc3NC2=O)cc1OC. The van der Waals surface area contributed by atoms with Gasteiger partial charge < -0.3 is 19.5 Å². The van der Waals surface area contributed by atoms with E-state index in [-0.39, 0.29) is 5.91 Å². The fraction of sp³-hybridized carbons (Fsp3) is 0.188. The number of para-hydroxylation sites is 2. The van der Waals surface area contributed by atoms with Crippen LogP contribution in [0.1, 0.15) is 11.7 Å². The van der Waals surface area contributed by atoms with E-state index >= 15 is 0 Å². The van der Waals surface area contributed by atoms with Crippen LogP contribution in [0.25, 0.3) is 0 Å². The van der Waals surface area contributed by atoms with E-state index in [1.165, 1.54) is 0 Å². The molecule has 3 rings (SSSR count). The number of fused-ring (bicyclic) bond motifs is 1. The number of rotatable bonds is 3. The molecule has 0 aromatic heterocycles. The van der Waals surface area contributed by atoms with E-state index in [2.05, 4.69) is 5.32 Å². The lowest BCUT2D eigenvalue weighted by molar-refractivity contribution is -0.123. The summed E-state index contributed by atoms with van der Waals surface area (Å²) in [5.74, 6) is 1.61. The lowest BCUT2D eigenvalue weighted by atomic mass is 10.1. The molecule has 5 nitrogen and oxygen atoms in total. The van der Waals surface area contributed by atoms with Crippen LogP contribution in [0.3, 0.4) is 0 Å². The minimum absolute atomic E-state index is 0.207. The Balaban J connectivity index is 1.96. The Kier molecular flexibility index (Phi) is 3.39. The monoisotopic (exact) mass is 285 g/mol. The fourth-order valence-electron chi connectivity index (χ4n) is 2.29. The highest BCUT2D eigenvalue weighted by Gasteiger charge is 2.29. The van der Waals surface area contributed by atoms with Crippen molar-refractivity contribution in [2.24, 2.45) is 0 Å². The van der Waals surface area contributed by atoms with Gasteiger partial charge >= 0.3 is 0 Å². The molecule has 0 spiro atoms. The van der Waals surface area contributed by atoms with Gasteiger partial charge in [0, 0.05) is 5.56 Å². The zero-order chi connectivity index (χ0) is 14.8. The summed E-state index contributed by atoms with van der Waals surface area (Å²) < 4.78 is 16.3. The predicted molar refractivity (Wildman–Crippen MR) is 78.0 cm³/mol. The largest absolute Gasteiger partial charge is 0.493 e. The Morgan fingerprint density at radius 1 is 1.05 bits per heavy atom. The molecule has 0 fully saturated rings. The number of hydrogen-bond donors (Lipinski definition) is 1. The minimum Gasteiger partial charge on any atom is -0.493 e. The Hall–Kier alpha value is -2.69. The molecule has 0 bridgehead atoms. The molecule has 1 aliphatic rings. The molecule has 1 aliphatic heterocycles. The van der Waals surface area contributed by atoms with Crippen molar-refractivity contribution < 1.29 is 19.0 Å². The van der Waals surface area contributed by atoms with Crippen LogP contribution in [0.15, 0.2) is 42.5 Å². The molecule has 5 heteroatoms. The van der Waals surface area contributed by atoms with Crippen LogP contribution in [0.5, 0.6) is 17.2 Å². The number of carbonyl (C=O) groups excluding carboxylic acids is 1. The van der Waals surface area contributed by atoms with Crippen molar-refractivity contribution in [2.75, 3.05) is 19.5 Å². The normalized spacial score (nSPS) is 16.5. The first-order valence-electron chi connectivity index (χ1n) is 6.51. The molecule has 1 heterocycles. The number of benzene rings is 2. The molecule has 0 aliphatic carbocycles. The van der Waals surface area contributed by atoms with E-state index in [0.29, 0.717) is 28.5 Å². The standard InChI is InChI=1S/C16H15NO4/c1-19-13-8-7-10(9-14(13)20-2)15-16(18)17-11-5-3-4-6-12(11)21-15/h3-9,15H,1-2H3,(H,17,18). The molecule has 2 aromatic rings. The average molecular weight is 285 g/mol. The maximum Gasteiger partial charge on any atom is 0.270 e. The van der Waals surface area contributed by atoms with Gasteiger partial charge in [-0.05, 0) is 24.3 Å². The van der Waals surface area contributed by atoms with Crippen molar-refractivity contribution in [3.05, 3.63) is 48.0 Å². The van der Waals surface area contributed by atoms with Crippen LogP contribution in [0.2, 0.25) is 0 Å². The average Bonchev–Trinajstić information content (AvgIpc) is 2.53. The van der Waals surface area contributed by atoms with Gasteiger partial charge in [0.25, 0.3) is 5.91 Å². The summed E-state index contributed by atoms with van der Waals surface area (Å²) in [6.45, 7) is 0. The van der Waals surface area contributed by atoms with Gasteiger partial charge in [-0.2, -0.15) is 0 Å². The van der Waals surface area contributed by atoms with Gasteiger partial charge in [-0.3, -0.25) is 4.79 Å². The fourth-order valence-corrected chi connectivity index (χ4v) is 2.29. The van der Waals surface area contributed by atoms with Gasteiger partial charge in [0.15, 0.2) is 11.5 Å². The number of amides is 1. The third kappa shape index (κ3) is 2.38. The van der Waals surface area contributed by atoms with Crippen molar-refractivity contribution >= 4 is 11.6 Å². The highest BCUT2D eigenvalue weighted by Crippen LogP contribution is 2.37. The topological polar surface area (TPSA) is 56.8 Å². The van der Waals surface area contributed by atoms with Crippen LogP contribution >= 0.6 is 0 Å². The molecular formula is C16H15NO4. The number of carbonyl (C=O) groups is 1. The summed E-state index contributed by atoms with van der Waals surface area (Å²) in [6, 6.07) is 12.6. The van der Waals surface area contributed by atoms with Gasteiger partial charge in [-0.15, -0.1) is 0 Å². The lowest BCUT2D eigenvalue weighted by Crippen LogP contribution is -2.30.